The van der Waals surface area contributed by atoms with E-state index in [4.69, 9.17) is 0 Å². The molecule has 1 rings (SSSR count). The summed E-state index contributed by atoms with van der Waals surface area (Å²) in [6, 6.07) is 1.49. The van der Waals surface area contributed by atoms with Gasteiger partial charge in [-0.2, -0.15) is 0 Å². The Hall–Kier alpha value is -0.490. The predicted octanol–water partition coefficient (Wildman–Crippen LogP) is 4.03. The highest BCUT2D eigenvalue weighted by Crippen LogP contribution is 2.32. The lowest BCUT2D eigenvalue weighted by atomic mass is 10.0. The van der Waals surface area contributed by atoms with E-state index in [1.54, 1.807) is 0 Å². The summed E-state index contributed by atoms with van der Waals surface area (Å²) < 4.78 is 0.687. The van der Waals surface area contributed by atoms with E-state index in [-0.39, 0.29) is 11.6 Å². The summed E-state index contributed by atoms with van der Waals surface area (Å²) in [5, 5.41) is 10.6. The summed E-state index contributed by atoms with van der Waals surface area (Å²) in [6.45, 7) is 4.12. The van der Waals surface area contributed by atoms with Gasteiger partial charge in [-0.1, -0.05) is 29.8 Å². The second kappa shape index (κ2) is 5.72. The second-order valence-corrected chi connectivity index (χ2v) is 5.56. The Balaban J connectivity index is 3.03. The van der Waals surface area contributed by atoms with Crippen LogP contribution in [0.25, 0.3) is 0 Å². The lowest BCUT2D eigenvalue weighted by molar-refractivity contribution is -0.385. The van der Waals surface area contributed by atoms with E-state index in [9.17, 15) is 10.1 Å². The summed E-state index contributed by atoms with van der Waals surface area (Å²) in [5.41, 5.74) is 0.847. The van der Waals surface area contributed by atoms with Crippen LogP contribution in [0.3, 0.4) is 0 Å². The molecule has 0 aliphatic heterocycles. The van der Waals surface area contributed by atoms with Crippen molar-refractivity contribution in [2.24, 2.45) is 0 Å². The zero-order valence-electron chi connectivity index (χ0n) is 8.98. The van der Waals surface area contributed by atoms with Crippen molar-refractivity contribution < 1.29 is 4.92 Å². The van der Waals surface area contributed by atoms with Crippen LogP contribution in [0.4, 0.5) is 5.69 Å². The maximum absolute atomic E-state index is 10.6. The molecule has 88 valence electrons. The summed E-state index contributed by atoms with van der Waals surface area (Å²) >= 11 is 6.89. The zero-order chi connectivity index (χ0) is 12.3. The fourth-order valence-corrected chi connectivity index (χ4v) is 2.35. The SMILES string of the molecule is CCC(Br)C(C)c1ncc([N+](=O)[O-])cc1Br. The third-order valence-corrected chi connectivity index (χ3v) is 4.51. The first kappa shape index (κ1) is 13.6. The molecule has 0 aliphatic carbocycles. The van der Waals surface area contributed by atoms with Crippen LogP contribution in [-0.4, -0.2) is 14.7 Å². The smallest absolute Gasteiger partial charge is 0.258 e. The van der Waals surface area contributed by atoms with Crippen molar-refractivity contribution in [1.82, 2.24) is 4.98 Å². The van der Waals surface area contributed by atoms with Crippen molar-refractivity contribution in [1.29, 1.82) is 0 Å². The second-order valence-electron chi connectivity index (χ2n) is 3.53. The third-order valence-electron chi connectivity index (χ3n) is 2.43. The van der Waals surface area contributed by atoms with Crippen molar-refractivity contribution in [3.05, 3.63) is 32.5 Å². The highest BCUT2D eigenvalue weighted by atomic mass is 79.9. The molecule has 0 fully saturated rings. The van der Waals surface area contributed by atoms with E-state index in [2.05, 4.69) is 43.8 Å². The Morgan fingerprint density at radius 2 is 2.25 bits per heavy atom. The van der Waals surface area contributed by atoms with Gasteiger partial charge in [0.15, 0.2) is 0 Å². The van der Waals surface area contributed by atoms with Gasteiger partial charge in [-0.3, -0.25) is 15.1 Å². The van der Waals surface area contributed by atoms with Crippen molar-refractivity contribution >= 4 is 37.5 Å². The molecule has 2 unspecified atom stereocenters. The minimum absolute atomic E-state index is 0.00504. The Bertz CT molecular complexity index is 398. The molecule has 0 amide bonds. The van der Waals surface area contributed by atoms with Gasteiger partial charge in [-0.05, 0) is 22.4 Å². The average Bonchev–Trinajstić information content (AvgIpc) is 2.26. The average molecular weight is 352 g/mol. The Kier molecular flexibility index (Phi) is 4.86. The van der Waals surface area contributed by atoms with Gasteiger partial charge < -0.3 is 0 Å². The predicted molar refractivity (Wildman–Crippen MR) is 70.0 cm³/mol. The number of hydrogen-bond acceptors (Lipinski definition) is 3. The number of nitrogens with zero attached hydrogens (tertiary/aromatic N) is 2. The van der Waals surface area contributed by atoms with Crippen molar-refractivity contribution in [3.8, 4) is 0 Å². The zero-order valence-corrected chi connectivity index (χ0v) is 12.2. The van der Waals surface area contributed by atoms with Gasteiger partial charge in [0.1, 0.15) is 6.20 Å². The molecule has 0 spiro atoms. The lowest BCUT2D eigenvalue weighted by Crippen LogP contribution is -2.10. The van der Waals surface area contributed by atoms with Crippen LogP contribution in [0.5, 0.6) is 0 Å². The van der Waals surface area contributed by atoms with Gasteiger partial charge in [-0.15, -0.1) is 0 Å². The maximum atomic E-state index is 10.6. The molecule has 0 N–H and O–H groups in total. The largest absolute Gasteiger partial charge is 0.288 e. The van der Waals surface area contributed by atoms with Gasteiger partial charge in [0, 0.05) is 21.3 Å². The number of nitro groups is 1. The number of rotatable bonds is 4. The minimum Gasteiger partial charge on any atom is -0.258 e. The van der Waals surface area contributed by atoms with Crippen LogP contribution in [0, 0.1) is 10.1 Å². The molecule has 4 nitrogen and oxygen atoms in total. The Labute approximate surface area is 111 Å². The van der Waals surface area contributed by atoms with E-state index in [1.807, 2.05) is 6.92 Å². The number of alkyl halides is 1. The van der Waals surface area contributed by atoms with Gasteiger partial charge in [0.25, 0.3) is 5.69 Å². The first-order valence-corrected chi connectivity index (χ1v) is 6.62. The molecule has 0 saturated heterocycles. The molecule has 1 aromatic rings. The van der Waals surface area contributed by atoms with Crippen molar-refractivity contribution in [2.75, 3.05) is 0 Å². The molecular formula is C10H12Br2N2O2. The number of pyridine rings is 1. The summed E-state index contributed by atoms with van der Waals surface area (Å²) in [5.74, 6) is 0.208. The molecule has 6 heteroatoms. The van der Waals surface area contributed by atoms with Gasteiger partial charge in [0.05, 0.1) is 10.6 Å². The molecule has 0 aliphatic rings. The quantitative estimate of drug-likeness (QED) is 0.467. The molecule has 0 radical (unpaired) electrons. The van der Waals surface area contributed by atoms with Crippen LogP contribution < -0.4 is 0 Å². The van der Waals surface area contributed by atoms with Crippen molar-refractivity contribution in [3.63, 3.8) is 0 Å². The van der Waals surface area contributed by atoms with E-state index in [0.29, 0.717) is 9.30 Å². The molecule has 2 atom stereocenters. The summed E-state index contributed by atoms with van der Waals surface area (Å²) in [6.07, 6.45) is 2.28. The topological polar surface area (TPSA) is 56.0 Å². The van der Waals surface area contributed by atoms with E-state index >= 15 is 0 Å². The monoisotopic (exact) mass is 350 g/mol. The maximum Gasteiger partial charge on any atom is 0.288 e. The highest BCUT2D eigenvalue weighted by molar-refractivity contribution is 9.10. The van der Waals surface area contributed by atoms with Crippen molar-refractivity contribution in [2.45, 2.75) is 31.0 Å². The summed E-state index contributed by atoms with van der Waals surface area (Å²) in [4.78, 5) is 14.6. The fraction of sp³-hybridized carbons (Fsp3) is 0.500. The first-order chi connectivity index (χ1) is 7.47. The Morgan fingerprint density at radius 3 is 2.69 bits per heavy atom. The first-order valence-electron chi connectivity index (χ1n) is 4.91. The number of hydrogen-bond donors (Lipinski definition) is 0. The molecule has 0 bridgehead atoms. The van der Waals surface area contributed by atoms with Gasteiger partial charge in [0.2, 0.25) is 0 Å². The molecule has 16 heavy (non-hydrogen) atoms. The number of aromatic nitrogens is 1. The third kappa shape index (κ3) is 3.01. The van der Waals surface area contributed by atoms with Crippen LogP contribution >= 0.6 is 31.9 Å². The number of halogens is 2. The Morgan fingerprint density at radius 1 is 1.62 bits per heavy atom. The highest BCUT2D eigenvalue weighted by Gasteiger charge is 2.20. The molecule has 1 heterocycles. The summed E-state index contributed by atoms with van der Waals surface area (Å²) in [7, 11) is 0. The van der Waals surface area contributed by atoms with Crippen LogP contribution in [-0.2, 0) is 0 Å². The fourth-order valence-electron chi connectivity index (χ4n) is 1.40. The van der Waals surface area contributed by atoms with E-state index < -0.39 is 4.92 Å². The van der Waals surface area contributed by atoms with E-state index in [0.717, 1.165) is 12.1 Å². The van der Waals surface area contributed by atoms with E-state index in [1.165, 1.54) is 12.3 Å². The lowest BCUT2D eigenvalue weighted by Gasteiger charge is -2.17. The molecule has 0 saturated carbocycles. The minimum atomic E-state index is -0.447. The van der Waals surface area contributed by atoms with Gasteiger partial charge in [-0.25, -0.2) is 0 Å². The van der Waals surface area contributed by atoms with Crippen LogP contribution in [0.1, 0.15) is 31.9 Å². The molecule has 0 aromatic carbocycles. The van der Waals surface area contributed by atoms with Crippen LogP contribution in [0.2, 0.25) is 0 Å². The normalized spacial score (nSPS) is 14.5. The standard InChI is InChI=1S/C10H12Br2N2O2/c1-3-8(11)6(2)10-9(12)4-7(5-13-10)14(15)16/h4-6,8H,3H2,1-2H3. The van der Waals surface area contributed by atoms with Crippen LogP contribution in [0.15, 0.2) is 16.7 Å². The van der Waals surface area contributed by atoms with Gasteiger partial charge >= 0.3 is 0 Å². The molecular weight excluding hydrogens is 340 g/mol. The molecule has 1 aromatic heterocycles.